The Bertz CT molecular complexity index is 613. The molecule has 0 atom stereocenters. The highest BCUT2D eigenvalue weighted by molar-refractivity contribution is 5.79. The third-order valence-corrected chi connectivity index (χ3v) is 3.90. The first-order valence-electron chi connectivity index (χ1n) is 8.80. The maximum atomic E-state index is 5.41. The van der Waals surface area contributed by atoms with Crippen molar-refractivity contribution in [1.29, 1.82) is 0 Å². The van der Waals surface area contributed by atoms with E-state index in [-0.39, 0.29) is 0 Å². The predicted molar refractivity (Wildman–Crippen MR) is 98.2 cm³/mol. The number of aromatic nitrogens is 1. The first-order chi connectivity index (χ1) is 11.8. The van der Waals surface area contributed by atoms with Crippen molar-refractivity contribution in [2.45, 2.75) is 46.6 Å². The summed E-state index contributed by atoms with van der Waals surface area (Å²) in [6.07, 6.45) is 2.68. The zero-order valence-corrected chi connectivity index (χ0v) is 14.9. The molecule has 24 heavy (non-hydrogen) atoms. The Labute approximate surface area is 144 Å². The summed E-state index contributed by atoms with van der Waals surface area (Å²) in [5.41, 5.74) is 3.46. The van der Waals surface area contributed by atoms with E-state index in [0.717, 1.165) is 55.3 Å². The van der Waals surface area contributed by atoms with Crippen molar-refractivity contribution in [3.63, 3.8) is 0 Å². The molecular weight excluding hydrogens is 300 g/mol. The maximum Gasteiger partial charge on any atom is 0.191 e. The molecule has 5 heteroatoms. The van der Waals surface area contributed by atoms with Gasteiger partial charge in [0, 0.05) is 25.1 Å². The van der Waals surface area contributed by atoms with Crippen molar-refractivity contribution in [3.8, 4) is 0 Å². The molecule has 1 aromatic carbocycles. The highest BCUT2D eigenvalue weighted by Crippen LogP contribution is 2.16. The van der Waals surface area contributed by atoms with E-state index in [1.54, 1.807) is 0 Å². The minimum absolute atomic E-state index is 0.594. The number of aryl methyl sites for hydroxylation is 2. The minimum Gasteiger partial charge on any atom is -0.361 e. The molecule has 2 aromatic rings. The summed E-state index contributed by atoms with van der Waals surface area (Å²) in [6, 6.07) is 10.5. The van der Waals surface area contributed by atoms with Gasteiger partial charge in [-0.25, -0.2) is 4.99 Å². The number of rotatable bonds is 8. The Kier molecular flexibility index (Phi) is 7.33. The topological polar surface area (TPSA) is 62.5 Å². The van der Waals surface area contributed by atoms with Gasteiger partial charge >= 0.3 is 0 Å². The van der Waals surface area contributed by atoms with E-state index in [1.807, 2.05) is 6.07 Å². The Morgan fingerprint density at radius 3 is 2.54 bits per heavy atom. The molecule has 130 valence electrons. The number of nitrogens with zero attached hydrogens (tertiary/aromatic N) is 2. The van der Waals surface area contributed by atoms with Gasteiger partial charge in [-0.2, -0.15) is 0 Å². The van der Waals surface area contributed by atoms with Crippen LogP contribution in [-0.2, 0) is 25.8 Å². The number of hydrogen-bond donors (Lipinski definition) is 2. The summed E-state index contributed by atoms with van der Waals surface area (Å²) in [7, 11) is 0. The fraction of sp³-hybridized carbons (Fsp3) is 0.474. The lowest BCUT2D eigenvalue weighted by Crippen LogP contribution is -2.38. The number of aliphatic imine (C=N–C) groups is 1. The fourth-order valence-corrected chi connectivity index (χ4v) is 2.59. The molecule has 1 heterocycles. The first kappa shape index (κ1) is 18.0. The zero-order chi connectivity index (χ0) is 17.2. The molecule has 0 radical (unpaired) electrons. The first-order valence-corrected chi connectivity index (χ1v) is 8.80. The summed E-state index contributed by atoms with van der Waals surface area (Å²) in [5, 5.41) is 10.8. The molecule has 2 rings (SSSR count). The normalized spacial score (nSPS) is 11.5. The molecule has 0 amide bonds. The van der Waals surface area contributed by atoms with Crippen LogP contribution >= 0.6 is 0 Å². The van der Waals surface area contributed by atoms with Crippen molar-refractivity contribution in [3.05, 3.63) is 52.9 Å². The molecule has 0 aliphatic heterocycles. The van der Waals surface area contributed by atoms with Crippen LogP contribution in [0.3, 0.4) is 0 Å². The second-order valence-corrected chi connectivity index (χ2v) is 5.60. The van der Waals surface area contributed by atoms with Crippen molar-refractivity contribution in [1.82, 2.24) is 15.8 Å². The van der Waals surface area contributed by atoms with Crippen LogP contribution in [0.25, 0.3) is 0 Å². The lowest BCUT2D eigenvalue weighted by molar-refractivity contribution is 0.380. The average molecular weight is 328 g/mol. The number of guanidine groups is 1. The van der Waals surface area contributed by atoms with Gasteiger partial charge in [-0.3, -0.25) is 0 Å². The SMILES string of the molecule is CCNC(=NCc1c(CC)noc1CC)NCCc1ccccc1. The predicted octanol–water partition coefficient (Wildman–Crippen LogP) is 3.10. The Morgan fingerprint density at radius 1 is 1.08 bits per heavy atom. The van der Waals surface area contributed by atoms with Crippen LogP contribution in [0.4, 0.5) is 0 Å². The molecule has 0 bridgehead atoms. The maximum absolute atomic E-state index is 5.41. The van der Waals surface area contributed by atoms with E-state index in [2.05, 4.69) is 60.8 Å². The van der Waals surface area contributed by atoms with Crippen LogP contribution in [0, 0.1) is 0 Å². The molecule has 2 N–H and O–H groups in total. The molecule has 0 spiro atoms. The van der Waals surface area contributed by atoms with Crippen LogP contribution in [0.2, 0.25) is 0 Å². The average Bonchev–Trinajstić information content (AvgIpc) is 3.02. The van der Waals surface area contributed by atoms with Crippen LogP contribution < -0.4 is 10.6 Å². The zero-order valence-electron chi connectivity index (χ0n) is 14.9. The smallest absolute Gasteiger partial charge is 0.191 e. The summed E-state index contributed by atoms with van der Waals surface area (Å²) in [4.78, 5) is 4.70. The lowest BCUT2D eigenvalue weighted by Gasteiger charge is -2.11. The van der Waals surface area contributed by atoms with Crippen LogP contribution in [0.5, 0.6) is 0 Å². The monoisotopic (exact) mass is 328 g/mol. The van der Waals surface area contributed by atoms with Gasteiger partial charge in [0.25, 0.3) is 0 Å². The largest absolute Gasteiger partial charge is 0.361 e. The molecule has 0 saturated carbocycles. The van der Waals surface area contributed by atoms with Gasteiger partial charge in [-0.15, -0.1) is 0 Å². The number of nitrogens with one attached hydrogen (secondary N) is 2. The van der Waals surface area contributed by atoms with E-state index in [0.29, 0.717) is 6.54 Å². The third-order valence-electron chi connectivity index (χ3n) is 3.90. The summed E-state index contributed by atoms with van der Waals surface area (Å²) >= 11 is 0. The standard InChI is InChI=1S/C19H28N4O/c1-4-17-16(18(5-2)24-23-17)14-22-19(20-6-3)21-13-12-15-10-8-7-9-11-15/h7-11H,4-6,12-14H2,1-3H3,(H2,20,21,22). The molecule has 0 unspecified atom stereocenters. The Balaban J connectivity index is 1.96. The van der Waals surface area contributed by atoms with Crippen molar-refractivity contribution in [2.75, 3.05) is 13.1 Å². The summed E-state index contributed by atoms with van der Waals surface area (Å²) in [6.45, 7) is 8.52. The van der Waals surface area contributed by atoms with Crippen molar-refractivity contribution >= 4 is 5.96 Å². The van der Waals surface area contributed by atoms with Gasteiger partial charge in [-0.1, -0.05) is 49.3 Å². The van der Waals surface area contributed by atoms with Gasteiger partial charge in [-0.05, 0) is 25.3 Å². The van der Waals surface area contributed by atoms with Crippen molar-refractivity contribution < 1.29 is 4.52 Å². The van der Waals surface area contributed by atoms with E-state index >= 15 is 0 Å². The Morgan fingerprint density at radius 2 is 1.88 bits per heavy atom. The van der Waals surface area contributed by atoms with Crippen LogP contribution in [-0.4, -0.2) is 24.2 Å². The van der Waals surface area contributed by atoms with Gasteiger partial charge in [0.05, 0.1) is 12.2 Å². The second kappa shape index (κ2) is 9.75. The molecule has 0 aliphatic rings. The highest BCUT2D eigenvalue weighted by Gasteiger charge is 2.12. The van der Waals surface area contributed by atoms with Gasteiger partial charge in [0.2, 0.25) is 0 Å². The molecular formula is C19H28N4O. The molecule has 1 aromatic heterocycles. The lowest BCUT2D eigenvalue weighted by atomic mass is 10.1. The highest BCUT2D eigenvalue weighted by atomic mass is 16.5. The van der Waals surface area contributed by atoms with Gasteiger partial charge < -0.3 is 15.2 Å². The number of benzene rings is 1. The minimum atomic E-state index is 0.594. The van der Waals surface area contributed by atoms with E-state index in [4.69, 9.17) is 9.52 Å². The van der Waals surface area contributed by atoms with Crippen molar-refractivity contribution in [2.24, 2.45) is 4.99 Å². The van der Waals surface area contributed by atoms with E-state index < -0.39 is 0 Å². The second-order valence-electron chi connectivity index (χ2n) is 5.60. The molecule has 0 aliphatic carbocycles. The third kappa shape index (κ3) is 5.11. The van der Waals surface area contributed by atoms with Gasteiger partial charge in [0.1, 0.15) is 5.76 Å². The molecule has 5 nitrogen and oxygen atoms in total. The van der Waals surface area contributed by atoms with E-state index in [9.17, 15) is 0 Å². The number of hydrogen-bond acceptors (Lipinski definition) is 3. The molecule has 0 fully saturated rings. The van der Waals surface area contributed by atoms with E-state index in [1.165, 1.54) is 5.56 Å². The quantitative estimate of drug-likeness (QED) is 0.577. The van der Waals surface area contributed by atoms with Gasteiger partial charge in [0.15, 0.2) is 5.96 Å². The molecule has 0 saturated heterocycles. The van der Waals surface area contributed by atoms with Crippen LogP contribution in [0.15, 0.2) is 39.8 Å². The fourth-order valence-electron chi connectivity index (χ4n) is 2.59. The summed E-state index contributed by atoms with van der Waals surface area (Å²) < 4.78 is 5.41. The summed E-state index contributed by atoms with van der Waals surface area (Å²) in [5.74, 6) is 1.77. The van der Waals surface area contributed by atoms with Crippen LogP contribution in [0.1, 0.15) is 43.4 Å². The Hall–Kier alpha value is -2.30.